The molecule has 1 aliphatic rings. The van der Waals surface area contributed by atoms with Gasteiger partial charge in [-0.25, -0.2) is 8.42 Å². The minimum atomic E-state index is -3.48. The predicted molar refractivity (Wildman–Crippen MR) is 112 cm³/mol. The molecule has 1 amide bonds. The van der Waals surface area contributed by atoms with Gasteiger partial charge in [0.1, 0.15) is 11.5 Å². The van der Waals surface area contributed by atoms with Crippen molar-refractivity contribution in [3.05, 3.63) is 47.9 Å². The van der Waals surface area contributed by atoms with Gasteiger partial charge in [0.2, 0.25) is 15.9 Å². The van der Waals surface area contributed by atoms with E-state index in [-0.39, 0.29) is 17.3 Å². The van der Waals surface area contributed by atoms with Gasteiger partial charge in [0.15, 0.2) is 0 Å². The van der Waals surface area contributed by atoms with Crippen LogP contribution in [0.25, 0.3) is 0 Å². The van der Waals surface area contributed by atoms with Crippen LogP contribution < -0.4 is 5.32 Å². The van der Waals surface area contributed by atoms with Gasteiger partial charge in [-0.3, -0.25) is 9.69 Å². The molecule has 0 spiro atoms. The summed E-state index contributed by atoms with van der Waals surface area (Å²) in [6, 6.07) is 10.2. The molecule has 8 heteroatoms. The molecule has 0 atom stereocenters. The number of hydrogen-bond donors (Lipinski definition) is 1. The zero-order valence-corrected chi connectivity index (χ0v) is 17.9. The monoisotopic (exact) mass is 419 g/mol. The largest absolute Gasteiger partial charge is 0.465 e. The molecule has 1 aliphatic heterocycles. The first-order chi connectivity index (χ1) is 13.8. The van der Waals surface area contributed by atoms with Crippen molar-refractivity contribution in [3.8, 4) is 0 Å². The number of likely N-dealkylation sites (N-methyl/N-ethyl adjacent to an activating group) is 1. The van der Waals surface area contributed by atoms with E-state index in [1.807, 2.05) is 31.0 Å². The highest BCUT2D eigenvalue weighted by Crippen LogP contribution is 2.21. The minimum absolute atomic E-state index is 0.168. The van der Waals surface area contributed by atoms with Crippen LogP contribution >= 0.6 is 0 Å². The van der Waals surface area contributed by atoms with Crippen molar-refractivity contribution >= 4 is 21.6 Å². The van der Waals surface area contributed by atoms with Gasteiger partial charge in [0.05, 0.1) is 18.0 Å². The van der Waals surface area contributed by atoms with E-state index in [9.17, 15) is 13.2 Å². The first-order valence-electron chi connectivity index (χ1n) is 9.98. The molecule has 0 saturated carbocycles. The Labute approximate surface area is 172 Å². The molecule has 3 rings (SSSR count). The summed E-state index contributed by atoms with van der Waals surface area (Å²) in [7, 11) is -1.64. The number of benzene rings is 1. The summed E-state index contributed by atoms with van der Waals surface area (Å²) >= 11 is 0. The van der Waals surface area contributed by atoms with Gasteiger partial charge in [0.25, 0.3) is 0 Å². The topological polar surface area (TPSA) is 82.9 Å². The number of rotatable bonds is 7. The van der Waals surface area contributed by atoms with E-state index in [0.29, 0.717) is 25.3 Å². The predicted octanol–water partition coefficient (Wildman–Crippen LogP) is 3.22. The summed E-state index contributed by atoms with van der Waals surface area (Å²) in [5, 5.41) is 2.81. The molecule has 0 aliphatic carbocycles. The van der Waals surface area contributed by atoms with Crippen LogP contribution in [0.1, 0.15) is 37.2 Å². The number of furan rings is 1. The van der Waals surface area contributed by atoms with E-state index < -0.39 is 10.0 Å². The third-order valence-corrected chi connectivity index (χ3v) is 6.89. The van der Waals surface area contributed by atoms with E-state index in [1.54, 1.807) is 28.6 Å². The van der Waals surface area contributed by atoms with E-state index in [4.69, 9.17) is 4.42 Å². The van der Waals surface area contributed by atoms with Crippen LogP contribution in [0.4, 0.5) is 5.69 Å². The normalized spacial score (nSPS) is 16.0. The molecule has 0 unspecified atom stereocenters. The Hall–Kier alpha value is -2.16. The molecule has 1 saturated heterocycles. The number of amides is 1. The second kappa shape index (κ2) is 9.56. The van der Waals surface area contributed by atoms with E-state index in [2.05, 4.69) is 5.32 Å². The van der Waals surface area contributed by atoms with Crippen LogP contribution in [0, 0.1) is 6.92 Å². The lowest BCUT2D eigenvalue weighted by Gasteiger charge is -2.20. The standard InChI is InChI=1S/C21H29N3O4S/c1-17-7-10-19(28-17)15-23(2)16-21(25)22-18-8-11-20(12-9-18)29(26,27)24-13-5-3-4-6-14-24/h7-12H,3-6,13-16H2,1-2H3,(H,22,25). The molecular weight excluding hydrogens is 390 g/mol. The van der Waals surface area contributed by atoms with Crippen molar-refractivity contribution in [3.63, 3.8) is 0 Å². The molecule has 0 radical (unpaired) electrons. The number of carbonyl (C=O) groups excluding carboxylic acids is 1. The van der Waals surface area contributed by atoms with Crippen LogP contribution in [0.15, 0.2) is 45.7 Å². The Morgan fingerprint density at radius 3 is 2.31 bits per heavy atom. The summed E-state index contributed by atoms with van der Waals surface area (Å²) in [5.74, 6) is 1.48. The Morgan fingerprint density at radius 2 is 1.72 bits per heavy atom. The average Bonchev–Trinajstić information content (AvgIpc) is 2.91. The SMILES string of the molecule is Cc1ccc(CN(C)CC(=O)Nc2ccc(S(=O)(=O)N3CCCCCC3)cc2)o1. The van der Waals surface area contributed by atoms with Gasteiger partial charge in [0, 0.05) is 18.8 Å². The van der Waals surface area contributed by atoms with E-state index in [0.717, 1.165) is 37.2 Å². The fraction of sp³-hybridized carbons (Fsp3) is 0.476. The van der Waals surface area contributed by atoms with Gasteiger partial charge in [-0.15, -0.1) is 0 Å². The Morgan fingerprint density at radius 1 is 1.07 bits per heavy atom. The molecule has 1 aromatic heterocycles. The van der Waals surface area contributed by atoms with Crippen LogP contribution in [-0.2, 0) is 21.4 Å². The summed E-state index contributed by atoms with van der Waals surface area (Å²) in [5.41, 5.74) is 0.576. The third-order valence-electron chi connectivity index (χ3n) is 4.98. The molecule has 2 heterocycles. The highest BCUT2D eigenvalue weighted by Gasteiger charge is 2.25. The Balaban J connectivity index is 1.56. The van der Waals surface area contributed by atoms with Crippen molar-refractivity contribution in [2.75, 3.05) is 32.0 Å². The fourth-order valence-electron chi connectivity index (χ4n) is 3.48. The minimum Gasteiger partial charge on any atom is -0.465 e. The maximum Gasteiger partial charge on any atom is 0.243 e. The first-order valence-corrected chi connectivity index (χ1v) is 11.4. The molecule has 2 aromatic rings. The molecular formula is C21H29N3O4S. The smallest absolute Gasteiger partial charge is 0.243 e. The number of carbonyl (C=O) groups is 1. The third kappa shape index (κ3) is 5.91. The number of sulfonamides is 1. The van der Waals surface area contributed by atoms with E-state index >= 15 is 0 Å². The van der Waals surface area contributed by atoms with Gasteiger partial charge >= 0.3 is 0 Å². The number of nitrogens with one attached hydrogen (secondary N) is 1. The molecule has 29 heavy (non-hydrogen) atoms. The van der Waals surface area contributed by atoms with Gasteiger partial charge in [-0.2, -0.15) is 4.31 Å². The second-order valence-electron chi connectivity index (χ2n) is 7.58. The summed E-state index contributed by atoms with van der Waals surface area (Å²) < 4.78 is 32.7. The quantitative estimate of drug-likeness (QED) is 0.745. The lowest BCUT2D eigenvalue weighted by molar-refractivity contribution is -0.117. The van der Waals surface area contributed by atoms with E-state index in [1.165, 1.54) is 0 Å². The summed E-state index contributed by atoms with van der Waals surface area (Å²) in [4.78, 5) is 14.4. The second-order valence-corrected chi connectivity index (χ2v) is 9.51. The van der Waals surface area contributed by atoms with Crippen molar-refractivity contribution in [2.45, 2.75) is 44.0 Å². The molecule has 1 N–H and O–H groups in total. The van der Waals surface area contributed by atoms with Gasteiger partial charge in [-0.05, 0) is 63.2 Å². The van der Waals surface area contributed by atoms with Crippen molar-refractivity contribution < 1.29 is 17.6 Å². The summed E-state index contributed by atoms with van der Waals surface area (Å²) in [6.07, 6.45) is 3.95. The molecule has 7 nitrogen and oxygen atoms in total. The van der Waals surface area contributed by atoms with Crippen LogP contribution in [0.3, 0.4) is 0 Å². The number of hydrogen-bond acceptors (Lipinski definition) is 5. The molecule has 0 bridgehead atoms. The maximum atomic E-state index is 12.8. The zero-order valence-electron chi connectivity index (χ0n) is 17.1. The van der Waals surface area contributed by atoms with Crippen LogP contribution in [0.5, 0.6) is 0 Å². The maximum absolute atomic E-state index is 12.8. The lowest BCUT2D eigenvalue weighted by atomic mass is 10.2. The van der Waals surface area contributed by atoms with Gasteiger partial charge < -0.3 is 9.73 Å². The van der Waals surface area contributed by atoms with Crippen molar-refractivity contribution in [2.24, 2.45) is 0 Å². The highest BCUT2D eigenvalue weighted by molar-refractivity contribution is 7.89. The van der Waals surface area contributed by atoms with Gasteiger partial charge in [-0.1, -0.05) is 12.8 Å². The summed E-state index contributed by atoms with van der Waals surface area (Å²) in [6.45, 7) is 3.76. The van der Waals surface area contributed by atoms with Crippen LogP contribution in [0.2, 0.25) is 0 Å². The lowest BCUT2D eigenvalue weighted by Crippen LogP contribution is -2.32. The number of anilines is 1. The Bertz CT molecular complexity index is 914. The Kier molecular flexibility index (Phi) is 7.10. The van der Waals surface area contributed by atoms with Crippen molar-refractivity contribution in [1.82, 2.24) is 9.21 Å². The molecule has 1 fully saturated rings. The molecule has 1 aromatic carbocycles. The van der Waals surface area contributed by atoms with Crippen LogP contribution in [-0.4, -0.2) is 50.2 Å². The number of aryl methyl sites for hydroxylation is 1. The number of nitrogens with zero attached hydrogens (tertiary/aromatic N) is 2. The fourth-order valence-corrected chi connectivity index (χ4v) is 5.00. The highest BCUT2D eigenvalue weighted by atomic mass is 32.2. The zero-order chi connectivity index (χ0) is 20.9. The first kappa shape index (κ1) is 21.5. The molecule has 158 valence electrons. The average molecular weight is 420 g/mol. The van der Waals surface area contributed by atoms with Crippen molar-refractivity contribution in [1.29, 1.82) is 0 Å².